The third-order valence-corrected chi connectivity index (χ3v) is 3.00. The number of carbonyl (C=O) groups excluding carboxylic acids is 1. The number of amides is 1. The second kappa shape index (κ2) is 7.18. The maximum atomic E-state index is 12.0. The van der Waals surface area contributed by atoms with Crippen molar-refractivity contribution in [3.63, 3.8) is 0 Å². The van der Waals surface area contributed by atoms with Crippen LogP contribution in [0, 0.1) is 0 Å². The van der Waals surface area contributed by atoms with Crippen LogP contribution in [0.3, 0.4) is 0 Å². The summed E-state index contributed by atoms with van der Waals surface area (Å²) in [6, 6.07) is 8.53. The van der Waals surface area contributed by atoms with Crippen molar-refractivity contribution < 1.29 is 14.3 Å². The van der Waals surface area contributed by atoms with Gasteiger partial charge in [-0.3, -0.25) is 4.79 Å². The molecular formula is C15H14N6O3. The first-order chi connectivity index (χ1) is 11.7. The number of ether oxygens (including phenoxy) is 2. The number of benzene rings is 1. The summed E-state index contributed by atoms with van der Waals surface area (Å²) < 4.78 is 11.9. The Labute approximate surface area is 137 Å². The molecule has 24 heavy (non-hydrogen) atoms. The molecule has 9 nitrogen and oxygen atoms in total. The number of aromatic nitrogens is 5. The summed E-state index contributed by atoms with van der Waals surface area (Å²) in [4.78, 5) is 23.8. The standard InChI is InChI=1S/C15H14N6O3/c1-23-11-2-4-12(5-3-11)24-7-15(22)20-13-6-14(18-9-17-13)21-10-16-8-19-21/h2-6,8-10H,7H2,1H3,(H,17,18,20,22). The van der Waals surface area contributed by atoms with Crippen LogP contribution in [0.5, 0.6) is 11.5 Å². The average molecular weight is 326 g/mol. The molecule has 0 aliphatic rings. The summed E-state index contributed by atoms with van der Waals surface area (Å²) in [5.74, 6) is 1.78. The highest BCUT2D eigenvalue weighted by Gasteiger charge is 2.07. The normalized spacial score (nSPS) is 10.2. The van der Waals surface area contributed by atoms with E-state index in [4.69, 9.17) is 9.47 Å². The molecule has 2 heterocycles. The molecule has 9 heteroatoms. The van der Waals surface area contributed by atoms with Crippen LogP contribution in [-0.4, -0.2) is 44.4 Å². The first-order valence-electron chi connectivity index (χ1n) is 6.98. The minimum atomic E-state index is -0.339. The van der Waals surface area contributed by atoms with E-state index in [0.717, 1.165) is 0 Å². The molecule has 0 spiro atoms. The molecule has 122 valence electrons. The second-order valence-electron chi connectivity index (χ2n) is 4.61. The van der Waals surface area contributed by atoms with Crippen molar-refractivity contribution in [3.8, 4) is 17.3 Å². The largest absolute Gasteiger partial charge is 0.497 e. The Morgan fingerprint density at radius 2 is 1.96 bits per heavy atom. The number of carbonyl (C=O) groups is 1. The Balaban J connectivity index is 1.57. The SMILES string of the molecule is COc1ccc(OCC(=O)Nc2cc(-n3cncn3)ncn2)cc1. The molecule has 1 amide bonds. The van der Waals surface area contributed by atoms with Crippen LogP contribution < -0.4 is 14.8 Å². The number of rotatable bonds is 6. The van der Waals surface area contributed by atoms with Crippen molar-refractivity contribution in [2.45, 2.75) is 0 Å². The van der Waals surface area contributed by atoms with E-state index in [1.165, 1.54) is 23.7 Å². The van der Waals surface area contributed by atoms with E-state index >= 15 is 0 Å². The molecule has 1 N–H and O–H groups in total. The van der Waals surface area contributed by atoms with Gasteiger partial charge in [0.25, 0.3) is 5.91 Å². The Hall–Kier alpha value is -3.49. The number of methoxy groups -OCH3 is 1. The summed E-state index contributed by atoms with van der Waals surface area (Å²) in [6.45, 7) is -0.144. The third-order valence-electron chi connectivity index (χ3n) is 3.00. The number of hydrogen-bond donors (Lipinski definition) is 1. The van der Waals surface area contributed by atoms with Gasteiger partial charge in [0.15, 0.2) is 12.4 Å². The van der Waals surface area contributed by atoms with Gasteiger partial charge < -0.3 is 14.8 Å². The molecule has 3 aromatic rings. The lowest BCUT2D eigenvalue weighted by molar-refractivity contribution is -0.118. The van der Waals surface area contributed by atoms with Crippen molar-refractivity contribution in [1.82, 2.24) is 24.7 Å². The molecule has 3 rings (SSSR count). The summed E-state index contributed by atoms with van der Waals surface area (Å²) in [5.41, 5.74) is 0. The van der Waals surface area contributed by atoms with Gasteiger partial charge in [-0.05, 0) is 24.3 Å². The zero-order chi connectivity index (χ0) is 16.8. The van der Waals surface area contributed by atoms with E-state index in [1.807, 2.05) is 0 Å². The topological polar surface area (TPSA) is 104 Å². The summed E-state index contributed by atoms with van der Waals surface area (Å²) >= 11 is 0. The monoisotopic (exact) mass is 326 g/mol. The molecule has 0 atom stereocenters. The van der Waals surface area contributed by atoms with E-state index in [0.29, 0.717) is 23.1 Å². The van der Waals surface area contributed by atoms with Crippen molar-refractivity contribution in [1.29, 1.82) is 0 Å². The average Bonchev–Trinajstić information content (AvgIpc) is 3.15. The quantitative estimate of drug-likeness (QED) is 0.723. The van der Waals surface area contributed by atoms with E-state index in [-0.39, 0.29) is 12.5 Å². The maximum Gasteiger partial charge on any atom is 0.263 e. The van der Waals surface area contributed by atoms with Crippen LogP contribution in [-0.2, 0) is 4.79 Å². The predicted molar refractivity (Wildman–Crippen MR) is 84.1 cm³/mol. The Morgan fingerprint density at radius 1 is 1.17 bits per heavy atom. The molecule has 0 bridgehead atoms. The Bertz CT molecular complexity index is 804. The molecular weight excluding hydrogens is 312 g/mol. The number of nitrogens with zero attached hydrogens (tertiary/aromatic N) is 5. The van der Waals surface area contributed by atoms with E-state index in [2.05, 4.69) is 25.4 Å². The molecule has 0 aliphatic heterocycles. The number of nitrogens with one attached hydrogen (secondary N) is 1. The van der Waals surface area contributed by atoms with Crippen molar-refractivity contribution >= 4 is 11.7 Å². The van der Waals surface area contributed by atoms with E-state index < -0.39 is 0 Å². The fourth-order valence-corrected chi connectivity index (χ4v) is 1.87. The molecule has 2 aromatic heterocycles. The number of hydrogen-bond acceptors (Lipinski definition) is 7. The van der Waals surface area contributed by atoms with Crippen LogP contribution in [0.15, 0.2) is 49.3 Å². The van der Waals surface area contributed by atoms with Gasteiger partial charge in [0.2, 0.25) is 0 Å². The zero-order valence-corrected chi connectivity index (χ0v) is 12.8. The molecule has 0 saturated carbocycles. The zero-order valence-electron chi connectivity index (χ0n) is 12.8. The highest BCUT2D eigenvalue weighted by atomic mass is 16.5. The van der Waals surface area contributed by atoms with Gasteiger partial charge in [0.1, 0.15) is 36.3 Å². The lowest BCUT2D eigenvalue weighted by Crippen LogP contribution is -2.21. The van der Waals surface area contributed by atoms with Gasteiger partial charge in [-0.15, -0.1) is 0 Å². The van der Waals surface area contributed by atoms with Crippen LogP contribution in [0.1, 0.15) is 0 Å². The van der Waals surface area contributed by atoms with Gasteiger partial charge in [-0.1, -0.05) is 0 Å². The smallest absolute Gasteiger partial charge is 0.263 e. The van der Waals surface area contributed by atoms with Gasteiger partial charge in [0, 0.05) is 6.07 Å². The second-order valence-corrected chi connectivity index (χ2v) is 4.61. The van der Waals surface area contributed by atoms with E-state index in [1.54, 1.807) is 37.4 Å². The van der Waals surface area contributed by atoms with Gasteiger partial charge >= 0.3 is 0 Å². The van der Waals surface area contributed by atoms with Gasteiger partial charge in [0.05, 0.1) is 7.11 Å². The van der Waals surface area contributed by atoms with Crippen molar-refractivity contribution in [3.05, 3.63) is 49.3 Å². The molecule has 0 aliphatic carbocycles. The Morgan fingerprint density at radius 3 is 2.67 bits per heavy atom. The lowest BCUT2D eigenvalue weighted by atomic mass is 10.3. The molecule has 1 aromatic carbocycles. The molecule has 0 radical (unpaired) electrons. The summed E-state index contributed by atoms with van der Waals surface area (Å²) in [5, 5.41) is 6.60. The van der Waals surface area contributed by atoms with Crippen LogP contribution in [0.2, 0.25) is 0 Å². The van der Waals surface area contributed by atoms with Gasteiger partial charge in [-0.2, -0.15) is 5.10 Å². The Kier molecular flexibility index (Phi) is 4.61. The lowest BCUT2D eigenvalue weighted by Gasteiger charge is -2.08. The third kappa shape index (κ3) is 3.83. The first kappa shape index (κ1) is 15.4. The highest BCUT2D eigenvalue weighted by Crippen LogP contribution is 2.17. The molecule has 0 saturated heterocycles. The van der Waals surface area contributed by atoms with Crippen LogP contribution in [0.4, 0.5) is 5.82 Å². The first-order valence-corrected chi connectivity index (χ1v) is 6.98. The van der Waals surface area contributed by atoms with Crippen molar-refractivity contribution in [2.24, 2.45) is 0 Å². The van der Waals surface area contributed by atoms with Gasteiger partial charge in [-0.25, -0.2) is 19.6 Å². The fourth-order valence-electron chi connectivity index (χ4n) is 1.87. The molecule has 0 unspecified atom stereocenters. The molecule has 0 fully saturated rings. The fraction of sp³-hybridized carbons (Fsp3) is 0.133. The maximum absolute atomic E-state index is 12.0. The summed E-state index contributed by atoms with van der Waals surface area (Å²) in [6.07, 6.45) is 4.22. The summed E-state index contributed by atoms with van der Waals surface area (Å²) in [7, 11) is 1.58. The minimum absolute atomic E-state index is 0.144. The van der Waals surface area contributed by atoms with Crippen molar-refractivity contribution in [2.75, 3.05) is 19.0 Å². The number of anilines is 1. The van der Waals surface area contributed by atoms with E-state index in [9.17, 15) is 4.79 Å². The van der Waals surface area contributed by atoms with Crippen LogP contribution in [0.25, 0.3) is 5.82 Å². The minimum Gasteiger partial charge on any atom is -0.497 e. The highest BCUT2D eigenvalue weighted by molar-refractivity contribution is 5.91. The van der Waals surface area contributed by atoms with Crippen LogP contribution >= 0.6 is 0 Å². The predicted octanol–water partition coefficient (Wildman–Crippen LogP) is 1.08.